The highest BCUT2D eigenvalue weighted by Gasteiger charge is 2.31. The standard InChI is InChI=1S/C19H26N4O4.HI/c1-20-19(21-12-14-4-2-5-15-17(14)27-13-26-15)23-9-7-22(8-10-23)18(24)16-6-3-11-25-16;/h2,4-5,16H,3,6-13H2,1H3,(H,20,21);1H. The topological polar surface area (TPSA) is 75.6 Å². The van der Waals surface area contributed by atoms with Crippen molar-refractivity contribution in [1.29, 1.82) is 0 Å². The average Bonchev–Trinajstić information content (AvgIpc) is 3.40. The number of hydrogen-bond donors (Lipinski definition) is 1. The van der Waals surface area contributed by atoms with Crippen molar-refractivity contribution in [2.24, 2.45) is 4.99 Å². The number of rotatable bonds is 3. The summed E-state index contributed by atoms with van der Waals surface area (Å²) in [5.74, 6) is 2.54. The van der Waals surface area contributed by atoms with Gasteiger partial charge in [-0.25, -0.2) is 0 Å². The van der Waals surface area contributed by atoms with E-state index in [9.17, 15) is 4.79 Å². The predicted molar refractivity (Wildman–Crippen MR) is 115 cm³/mol. The number of amides is 1. The minimum atomic E-state index is -0.239. The number of carbonyl (C=O) groups excluding carboxylic acids is 1. The van der Waals surface area contributed by atoms with Crippen molar-refractivity contribution in [2.75, 3.05) is 46.6 Å². The van der Waals surface area contributed by atoms with Crippen LogP contribution in [-0.4, -0.2) is 74.4 Å². The van der Waals surface area contributed by atoms with Crippen molar-refractivity contribution in [1.82, 2.24) is 15.1 Å². The van der Waals surface area contributed by atoms with Gasteiger partial charge in [0.1, 0.15) is 6.10 Å². The van der Waals surface area contributed by atoms with Crippen LogP contribution in [0.25, 0.3) is 0 Å². The van der Waals surface area contributed by atoms with E-state index >= 15 is 0 Å². The maximum Gasteiger partial charge on any atom is 0.251 e. The number of aliphatic imine (C=N–C) groups is 1. The molecule has 1 aromatic carbocycles. The third-order valence-electron chi connectivity index (χ3n) is 5.22. The van der Waals surface area contributed by atoms with Crippen LogP contribution in [0.1, 0.15) is 18.4 Å². The molecule has 1 unspecified atom stereocenters. The molecule has 0 saturated carbocycles. The molecular weight excluding hydrogens is 475 g/mol. The SMILES string of the molecule is CN=C(NCc1cccc2c1OCO2)N1CCN(C(=O)C2CCCO2)CC1.I. The van der Waals surface area contributed by atoms with E-state index in [4.69, 9.17) is 14.2 Å². The maximum atomic E-state index is 12.5. The van der Waals surface area contributed by atoms with Crippen LogP contribution in [0.5, 0.6) is 11.5 Å². The van der Waals surface area contributed by atoms with E-state index in [0.717, 1.165) is 49.0 Å². The number of nitrogens with one attached hydrogen (secondary N) is 1. The quantitative estimate of drug-likeness (QED) is 0.383. The van der Waals surface area contributed by atoms with Gasteiger partial charge in [0.2, 0.25) is 6.79 Å². The van der Waals surface area contributed by atoms with Crippen molar-refractivity contribution < 1.29 is 19.0 Å². The molecule has 8 nitrogen and oxygen atoms in total. The monoisotopic (exact) mass is 502 g/mol. The number of piperazine rings is 1. The lowest BCUT2D eigenvalue weighted by Gasteiger charge is -2.37. The summed E-state index contributed by atoms with van der Waals surface area (Å²) >= 11 is 0. The molecule has 3 heterocycles. The third-order valence-corrected chi connectivity index (χ3v) is 5.22. The van der Waals surface area contributed by atoms with Crippen LogP contribution in [0.2, 0.25) is 0 Å². The van der Waals surface area contributed by atoms with Gasteiger partial charge >= 0.3 is 0 Å². The maximum absolute atomic E-state index is 12.5. The molecule has 2 fully saturated rings. The molecule has 28 heavy (non-hydrogen) atoms. The highest BCUT2D eigenvalue weighted by atomic mass is 127. The van der Waals surface area contributed by atoms with E-state index in [1.807, 2.05) is 23.1 Å². The van der Waals surface area contributed by atoms with Crippen LogP contribution in [0, 0.1) is 0 Å². The number of fused-ring (bicyclic) bond motifs is 1. The fourth-order valence-electron chi connectivity index (χ4n) is 3.75. The first-order valence-corrected chi connectivity index (χ1v) is 9.50. The van der Waals surface area contributed by atoms with Gasteiger partial charge in [-0.1, -0.05) is 12.1 Å². The van der Waals surface area contributed by atoms with Crippen molar-refractivity contribution >= 4 is 35.8 Å². The van der Waals surface area contributed by atoms with E-state index in [2.05, 4.69) is 15.2 Å². The molecule has 0 aliphatic carbocycles. The molecule has 0 bridgehead atoms. The van der Waals surface area contributed by atoms with E-state index in [-0.39, 0.29) is 42.8 Å². The molecule has 1 N–H and O–H groups in total. The third kappa shape index (κ3) is 4.45. The summed E-state index contributed by atoms with van der Waals surface area (Å²) in [5.41, 5.74) is 1.04. The fourth-order valence-corrected chi connectivity index (χ4v) is 3.75. The zero-order valence-corrected chi connectivity index (χ0v) is 18.4. The van der Waals surface area contributed by atoms with E-state index in [1.54, 1.807) is 7.05 Å². The second-order valence-electron chi connectivity index (χ2n) is 6.87. The minimum absolute atomic E-state index is 0. The van der Waals surface area contributed by atoms with Gasteiger partial charge in [-0.15, -0.1) is 24.0 Å². The van der Waals surface area contributed by atoms with E-state index in [1.165, 1.54) is 0 Å². The molecule has 4 rings (SSSR count). The Morgan fingerprint density at radius 1 is 1.21 bits per heavy atom. The van der Waals surface area contributed by atoms with Gasteiger partial charge in [0.15, 0.2) is 17.5 Å². The Morgan fingerprint density at radius 2 is 2.00 bits per heavy atom. The van der Waals surface area contributed by atoms with Crippen LogP contribution in [0.4, 0.5) is 0 Å². The van der Waals surface area contributed by atoms with E-state index in [0.29, 0.717) is 26.2 Å². The zero-order chi connectivity index (χ0) is 18.6. The summed E-state index contributed by atoms with van der Waals surface area (Å²) < 4.78 is 16.5. The highest BCUT2D eigenvalue weighted by Crippen LogP contribution is 2.35. The summed E-state index contributed by atoms with van der Waals surface area (Å²) in [4.78, 5) is 21.0. The molecule has 0 spiro atoms. The molecule has 3 aliphatic rings. The first-order chi connectivity index (χ1) is 13.3. The number of para-hydroxylation sites is 1. The predicted octanol–water partition coefficient (Wildman–Crippen LogP) is 1.43. The molecule has 3 aliphatic heterocycles. The van der Waals surface area contributed by atoms with Crippen molar-refractivity contribution in [3.63, 3.8) is 0 Å². The summed E-state index contributed by atoms with van der Waals surface area (Å²) in [6.07, 6.45) is 1.58. The largest absolute Gasteiger partial charge is 0.454 e. The smallest absolute Gasteiger partial charge is 0.251 e. The number of guanidine groups is 1. The van der Waals surface area contributed by atoms with Gasteiger partial charge in [0, 0.05) is 51.9 Å². The fraction of sp³-hybridized carbons (Fsp3) is 0.579. The zero-order valence-electron chi connectivity index (χ0n) is 16.1. The number of ether oxygens (including phenoxy) is 3. The molecule has 9 heteroatoms. The second-order valence-corrected chi connectivity index (χ2v) is 6.87. The number of halogens is 1. The van der Waals surface area contributed by atoms with Crippen molar-refractivity contribution in [3.05, 3.63) is 23.8 Å². The van der Waals surface area contributed by atoms with Gasteiger partial charge in [-0.05, 0) is 18.9 Å². The Balaban J connectivity index is 0.00000225. The molecule has 154 valence electrons. The van der Waals surface area contributed by atoms with Crippen LogP contribution >= 0.6 is 24.0 Å². The summed E-state index contributed by atoms with van der Waals surface area (Å²) in [6.45, 7) is 4.46. The molecule has 1 aromatic rings. The molecule has 0 radical (unpaired) electrons. The van der Waals surface area contributed by atoms with Crippen molar-refractivity contribution in [2.45, 2.75) is 25.5 Å². The van der Waals surface area contributed by atoms with Gasteiger partial charge in [0.05, 0.1) is 0 Å². The minimum Gasteiger partial charge on any atom is -0.454 e. The molecular formula is C19H27IN4O4. The molecule has 2 saturated heterocycles. The first-order valence-electron chi connectivity index (χ1n) is 9.50. The van der Waals surface area contributed by atoms with Gasteiger partial charge < -0.3 is 29.3 Å². The lowest BCUT2D eigenvalue weighted by molar-refractivity contribution is -0.142. The Morgan fingerprint density at radius 3 is 2.71 bits per heavy atom. The lowest BCUT2D eigenvalue weighted by atomic mass is 10.2. The second kappa shape index (κ2) is 9.64. The Kier molecular flexibility index (Phi) is 7.22. The number of carbonyl (C=O) groups is 1. The van der Waals surface area contributed by atoms with Crippen molar-refractivity contribution in [3.8, 4) is 11.5 Å². The number of benzene rings is 1. The molecule has 1 atom stereocenters. The van der Waals surface area contributed by atoms with Gasteiger partial charge in [-0.2, -0.15) is 0 Å². The molecule has 1 amide bonds. The number of nitrogens with zero attached hydrogens (tertiary/aromatic N) is 3. The van der Waals surface area contributed by atoms with Crippen LogP contribution in [0.3, 0.4) is 0 Å². The Hall–Kier alpha value is -1.75. The normalized spacial score (nSPS) is 21.5. The summed E-state index contributed by atoms with van der Waals surface area (Å²) in [5, 5.41) is 3.40. The van der Waals surface area contributed by atoms with Crippen LogP contribution < -0.4 is 14.8 Å². The average molecular weight is 502 g/mol. The first kappa shape index (κ1) is 21.0. The van der Waals surface area contributed by atoms with Gasteiger partial charge in [-0.3, -0.25) is 9.79 Å². The number of hydrogen-bond acceptors (Lipinski definition) is 5. The summed E-state index contributed by atoms with van der Waals surface area (Å²) in [7, 11) is 1.78. The Labute approximate surface area is 182 Å². The van der Waals surface area contributed by atoms with Gasteiger partial charge in [0.25, 0.3) is 5.91 Å². The van der Waals surface area contributed by atoms with E-state index < -0.39 is 0 Å². The lowest BCUT2D eigenvalue weighted by Crippen LogP contribution is -2.55. The summed E-state index contributed by atoms with van der Waals surface area (Å²) in [6, 6.07) is 5.89. The molecule has 0 aromatic heterocycles. The highest BCUT2D eigenvalue weighted by molar-refractivity contribution is 14.0. The van der Waals surface area contributed by atoms with Crippen LogP contribution in [-0.2, 0) is 16.1 Å². The van der Waals surface area contributed by atoms with Crippen LogP contribution in [0.15, 0.2) is 23.2 Å². The Bertz CT molecular complexity index is 716.